The number of nitrogens with zero attached hydrogens (tertiary/aromatic N) is 1. The molecule has 0 radical (unpaired) electrons. The lowest BCUT2D eigenvalue weighted by molar-refractivity contribution is -0.101. The van der Waals surface area contributed by atoms with Crippen LogP contribution in [0.1, 0.15) is 34.6 Å². The zero-order chi connectivity index (χ0) is 11.9. The molecule has 1 saturated heterocycles. The third kappa shape index (κ3) is 6.13. The molecule has 0 aromatic rings. The topological polar surface area (TPSA) is 21.7 Å². The molecule has 3 heteroatoms. The fourth-order valence-electron chi connectivity index (χ4n) is 1.22. The maximum absolute atomic E-state index is 5.58. The molecule has 0 unspecified atom stereocenters. The lowest BCUT2D eigenvalue weighted by Gasteiger charge is -2.35. The van der Waals surface area contributed by atoms with E-state index in [1.165, 1.54) is 0 Å². The van der Waals surface area contributed by atoms with Gasteiger partial charge in [0.1, 0.15) is 0 Å². The van der Waals surface area contributed by atoms with Crippen LogP contribution in [-0.2, 0) is 9.47 Å². The molecule has 0 aliphatic carbocycles. The molecule has 1 fully saturated rings. The Morgan fingerprint density at radius 2 is 1.80 bits per heavy atom. The van der Waals surface area contributed by atoms with Crippen molar-refractivity contribution >= 4 is 0 Å². The van der Waals surface area contributed by atoms with Crippen molar-refractivity contribution < 1.29 is 9.47 Å². The van der Waals surface area contributed by atoms with E-state index in [1.807, 2.05) is 13.8 Å². The van der Waals surface area contributed by atoms with Crippen LogP contribution in [0.2, 0.25) is 0 Å². The van der Waals surface area contributed by atoms with E-state index < -0.39 is 0 Å². The summed E-state index contributed by atoms with van der Waals surface area (Å²) in [5.74, 6) is 0. The third-order valence-corrected chi connectivity index (χ3v) is 2.51. The van der Waals surface area contributed by atoms with Gasteiger partial charge in [-0.25, -0.2) is 0 Å². The van der Waals surface area contributed by atoms with Gasteiger partial charge in [-0.05, 0) is 27.8 Å². The molecule has 0 spiro atoms. The van der Waals surface area contributed by atoms with Gasteiger partial charge in [0.25, 0.3) is 0 Å². The van der Waals surface area contributed by atoms with E-state index in [9.17, 15) is 0 Å². The van der Waals surface area contributed by atoms with Crippen molar-refractivity contribution in [2.45, 2.75) is 46.3 Å². The van der Waals surface area contributed by atoms with Gasteiger partial charge in [-0.2, -0.15) is 0 Å². The minimum atomic E-state index is 0.209. The van der Waals surface area contributed by atoms with Crippen LogP contribution in [0.4, 0.5) is 0 Å². The van der Waals surface area contributed by atoms with Gasteiger partial charge in [-0.1, -0.05) is 13.8 Å². The largest absolute Gasteiger partial charge is 0.376 e. The predicted molar refractivity (Wildman–Crippen MR) is 64.3 cm³/mol. The summed E-state index contributed by atoms with van der Waals surface area (Å²) in [4.78, 5) is 2.30. The Labute approximate surface area is 94.7 Å². The summed E-state index contributed by atoms with van der Waals surface area (Å²) in [5.41, 5.74) is 0.209. The third-order valence-electron chi connectivity index (χ3n) is 2.51. The van der Waals surface area contributed by atoms with Crippen LogP contribution in [0.5, 0.6) is 0 Å². The Hall–Kier alpha value is -0.120. The van der Waals surface area contributed by atoms with Gasteiger partial charge in [0.2, 0.25) is 0 Å². The maximum atomic E-state index is 5.58. The van der Waals surface area contributed by atoms with E-state index in [0.29, 0.717) is 0 Å². The molecule has 0 aromatic heterocycles. The van der Waals surface area contributed by atoms with E-state index >= 15 is 0 Å². The normalized spacial score (nSPS) is 22.2. The monoisotopic (exact) mass is 217 g/mol. The number of ether oxygens (including phenoxy) is 2. The number of hydrogen-bond acceptors (Lipinski definition) is 3. The van der Waals surface area contributed by atoms with Crippen molar-refractivity contribution in [1.29, 1.82) is 0 Å². The van der Waals surface area contributed by atoms with Crippen LogP contribution < -0.4 is 0 Å². The molecule has 0 saturated carbocycles. The van der Waals surface area contributed by atoms with Crippen molar-refractivity contribution in [3.8, 4) is 0 Å². The van der Waals surface area contributed by atoms with Crippen molar-refractivity contribution in [2.75, 3.05) is 33.4 Å². The molecular formula is C12H27NO2. The molecule has 0 bridgehead atoms. The highest BCUT2D eigenvalue weighted by Crippen LogP contribution is 2.12. The summed E-state index contributed by atoms with van der Waals surface area (Å²) >= 11 is 0. The Kier molecular flexibility index (Phi) is 7.14. The smallest absolute Gasteiger partial charge is 0.0936 e. The van der Waals surface area contributed by atoms with Gasteiger partial charge in [0.15, 0.2) is 0 Å². The first-order chi connectivity index (χ1) is 7.00. The van der Waals surface area contributed by atoms with Gasteiger partial charge in [0.05, 0.1) is 25.9 Å². The zero-order valence-electron chi connectivity index (χ0n) is 11.2. The molecule has 1 heterocycles. The van der Waals surface area contributed by atoms with Gasteiger partial charge in [0, 0.05) is 12.1 Å². The number of likely N-dealkylation sites (N-methyl/N-ethyl adjacent to an activating group) is 1. The van der Waals surface area contributed by atoms with Crippen LogP contribution in [0, 0.1) is 0 Å². The molecule has 3 nitrogen and oxygen atoms in total. The zero-order valence-corrected chi connectivity index (χ0v) is 11.2. The summed E-state index contributed by atoms with van der Waals surface area (Å²) in [5, 5.41) is 0. The summed E-state index contributed by atoms with van der Waals surface area (Å²) < 4.78 is 10.9. The van der Waals surface area contributed by atoms with Crippen molar-refractivity contribution in [3.63, 3.8) is 0 Å². The number of hydrogen-bond donors (Lipinski definition) is 0. The summed E-state index contributed by atoms with van der Waals surface area (Å²) in [6.07, 6.45) is 0.248. The van der Waals surface area contributed by atoms with Crippen molar-refractivity contribution in [1.82, 2.24) is 4.90 Å². The first kappa shape index (κ1) is 14.9. The average molecular weight is 217 g/mol. The SMILES string of the molecule is CC.CN(C[C@@H]1COCCO1)C(C)(C)C. The van der Waals surface area contributed by atoms with E-state index in [4.69, 9.17) is 9.47 Å². The second kappa shape index (κ2) is 7.20. The first-order valence-corrected chi connectivity index (χ1v) is 5.91. The van der Waals surface area contributed by atoms with E-state index in [1.54, 1.807) is 0 Å². The molecule has 15 heavy (non-hydrogen) atoms. The lowest BCUT2D eigenvalue weighted by Crippen LogP contribution is -2.46. The standard InChI is InChI=1S/C10H21NO2.C2H6/c1-10(2,3)11(4)7-9-8-12-5-6-13-9;1-2/h9H,5-8H2,1-4H3;1-2H3/t9-;/m1./s1. The molecular weight excluding hydrogens is 190 g/mol. The molecule has 92 valence electrons. The second-order valence-corrected chi connectivity index (χ2v) is 4.62. The Morgan fingerprint density at radius 3 is 2.20 bits per heavy atom. The van der Waals surface area contributed by atoms with Crippen molar-refractivity contribution in [2.24, 2.45) is 0 Å². The molecule has 0 aromatic carbocycles. The maximum Gasteiger partial charge on any atom is 0.0936 e. The molecule has 1 aliphatic rings. The highest BCUT2D eigenvalue weighted by Gasteiger charge is 2.22. The minimum Gasteiger partial charge on any atom is -0.376 e. The second-order valence-electron chi connectivity index (χ2n) is 4.62. The van der Waals surface area contributed by atoms with Crippen LogP contribution in [0.3, 0.4) is 0 Å². The Balaban J connectivity index is 0.000000921. The molecule has 1 rings (SSSR count). The van der Waals surface area contributed by atoms with Gasteiger partial charge < -0.3 is 9.47 Å². The van der Waals surface area contributed by atoms with E-state index in [2.05, 4.69) is 32.7 Å². The summed E-state index contributed by atoms with van der Waals surface area (Å²) in [6.45, 7) is 13.8. The van der Waals surface area contributed by atoms with Crippen LogP contribution in [0.25, 0.3) is 0 Å². The summed E-state index contributed by atoms with van der Waals surface area (Å²) in [7, 11) is 2.12. The van der Waals surface area contributed by atoms with Crippen molar-refractivity contribution in [3.05, 3.63) is 0 Å². The van der Waals surface area contributed by atoms with E-state index in [0.717, 1.165) is 26.4 Å². The first-order valence-electron chi connectivity index (χ1n) is 5.91. The number of rotatable bonds is 2. The predicted octanol–water partition coefficient (Wildman–Crippen LogP) is 2.16. The lowest BCUT2D eigenvalue weighted by atomic mass is 10.1. The summed E-state index contributed by atoms with van der Waals surface area (Å²) in [6, 6.07) is 0. The van der Waals surface area contributed by atoms with E-state index in [-0.39, 0.29) is 11.6 Å². The minimum absolute atomic E-state index is 0.209. The van der Waals surface area contributed by atoms with Gasteiger partial charge >= 0.3 is 0 Å². The van der Waals surface area contributed by atoms with Gasteiger partial charge in [-0.3, -0.25) is 4.90 Å². The van der Waals surface area contributed by atoms with Crippen LogP contribution >= 0.6 is 0 Å². The highest BCUT2D eigenvalue weighted by atomic mass is 16.6. The van der Waals surface area contributed by atoms with Crippen LogP contribution in [-0.4, -0.2) is 50.0 Å². The Bertz CT molecular complexity index is 148. The van der Waals surface area contributed by atoms with Crippen LogP contribution in [0.15, 0.2) is 0 Å². The Morgan fingerprint density at radius 1 is 1.20 bits per heavy atom. The molecule has 0 amide bonds. The van der Waals surface area contributed by atoms with Gasteiger partial charge in [-0.15, -0.1) is 0 Å². The average Bonchev–Trinajstić information content (AvgIpc) is 2.21. The molecule has 1 aliphatic heterocycles. The molecule has 1 atom stereocenters. The molecule has 0 N–H and O–H groups in total. The fourth-order valence-corrected chi connectivity index (χ4v) is 1.22. The fraction of sp³-hybridized carbons (Fsp3) is 1.00. The highest BCUT2D eigenvalue weighted by molar-refractivity contribution is 4.76. The quantitative estimate of drug-likeness (QED) is 0.707.